The second kappa shape index (κ2) is 4.88. The van der Waals surface area contributed by atoms with E-state index in [1.165, 1.54) is 6.33 Å². The topological polar surface area (TPSA) is 55.0 Å². The van der Waals surface area contributed by atoms with E-state index < -0.39 is 0 Å². The summed E-state index contributed by atoms with van der Waals surface area (Å²) < 4.78 is 5.40. The van der Waals surface area contributed by atoms with Crippen LogP contribution in [0.2, 0.25) is 0 Å². The van der Waals surface area contributed by atoms with E-state index in [4.69, 9.17) is 4.74 Å². The third-order valence-electron chi connectivity index (χ3n) is 3.07. The zero-order chi connectivity index (χ0) is 14.0. The molecule has 1 aromatic carbocycles. The van der Waals surface area contributed by atoms with Crippen LogP contribution in [0, 0.1) is 0 Å². The summed E-state index contributed by atoms with van der Waals surface area (Å²) in [4.78, 5) is 18.0. The number of H-pyrrole nitrogens is 1. The van der Waals surface area contributed by atoms with E-state index in [1.54, 1.807) is 7.11 Å². The van der Waals surface area contributed by atoms with E-state index in [9.17, 15) is 4.79 Å². The van der Waals surface area contributed by atoms with Crippen molar-refractivity contribution in [2.75, 3.05) is 7.11 Å². The van der Waals surface area contributed by atoms with Crippen LogP contribution in [0.4, 0.5) is 0 Å². The smallest absolute Gasteiger partial charge is 0.168 e. The predicted molar refractivity (Wildman–Crippen MR) is 74.7 cm³/mol. The molecule has 1 N–H and O–H groups in total. The molecule has 0 unspecified atom stereocenters. The van der Waals surface area contributed by atoms with Gasteiger partial charge in [-0.2, -0.15) is 0 Å². The molecule has 0 fully saturated rings. The minimum atomic E-state index is -0.0427. The number of benzene rings is 1. The molecule has 0 bridgehead atoms. The Morgan fingerprint density at radius 2 is 2.05 bits per heavy atom. The molecule has 0 aliphatic carbocycles. The molecule has 100 valence electrons. The lowest BCUT2D eigenvalue weighted by Gasteiger charge is -2.22. The largest absolute Gasteiger partial charge is 0.496 e. The molecule has 0 radical (unpaired) electrons. The molecular formula is C15H18N2O2. The molecule has 19 heavy (non-hydrogen) atoms. The number of rotatable bonds is 3. The molecule has 2 aromatic rings. The van der Waals surface area contributed by atoms with Gasteiger partial charge in [0.25, 0.3) is 0 Å². The van der Waals surface area contributed by atoms with Gasteiger partial charge in [0.1, 0.15) is 11.4 Å². The van der Waals surface area contributed by atoms with E-state index in [0.717, 1.165) is 23.2 Å². The van der Waals surface area contributed by atoms with Gasteiger partial charge < -0.3 is 9.72 Å². The molecule has 2 rings (SSSR count). The van der Waals surface area contributed by atoms with Crippen LogP contribution in [-0.4, -0.2) is 23.4 Å². The maximum Gasteiger partial charge on any atom is 0.168 e. The molecule has 4 nitrogen and oxygen atoms in total. The molecule has 0 spiro atoms. The van der Waals surface area contributed by atoms with Crippen LogP contribution in [0.1, 0.15) is 36.8 Å². The summed E-state index contributed by atoms with van der Waals surface area (Å²) in [5.74, 6) is 0.847. The highest BCUT2D eigenvalue weighted by Crippen LogP contribution is 2.34. The normalized spacial score (nSPS) is 11.4. The summed E-state index contributed by atoms with van der Waals surface area (Å²) in [7, 11) is 1.66. The highest BCUT2D eigenvalue weighted by Gasteiger charge is 2.20. The van der Waals surface area contributed by atoms with E-state index in [0.29, 0.717) is 11.4 Å². The van der Waals surface area contributed by atoms with E-state index in [-0.39, 0.29) is 5.41 Å². The molecule has 0 atom stereocenters. The number of nitrogens with one attached hydrogen (secondary N) is 1. The molecule has 0 aliphatic rings. The van der Waals surface area contributed by atoms with Crippen molar-refractivity contribution in [3.05, 3.63) is 35.8 Å². The van der Waals surface area contributed by atoms with Crippen molar-refractivity contribution in [2.45, 2.75) is 26.2 Å². The van der Waals surface area contributed by atoms with Crippen LogP contribution in [0.25, 0.3) is 11.3 Å². The first-order chi connectivity index (χ1) is 8.97. The van der Waals surface area contributed by atoms with Crippen molar-refractivity contribution in [1.82, 2.24) is 9.97 Å². The van der Waals surface area contributed by atoms with Gasteiger partial charge in [0, 0.05) is 11.1 Å². The lowest BCUT2D eigenvalue weighted by molar-refractivity contribution is 0.112. The Bertz CT molecular complexity index is 594. The Kier molecular flexibility index (Phi) is 3.42. The number of nitrogens with zero attached hydrogens (tertiary/aromatic N) is 1. The molecule has 0 amide bonds. The highest BCUT2D eigenvalue weighted by atomic mass is 16.5. The zero-order valence-electron chi connectivity index (χ0n) is 11.7. The number of ether oxygens (including phenoxy) is 1. The number of carbonyl (C=O) groups excluding carboxylic acids is 1. The number of hydrogen-bond donors (Lipinski definition) is 1. The number of aldehydes is 1. The summed E-state index contributed by atoms with van der Waals surface area (Å²) in [6.07, 6.45) is 2.31. The third-order valence-corrected chi connectivity index (χ3v) is 3.07. The monoisotopic (exact) mass is 258 g/mol. The van der Waals surface area contributed by atoms with E-state index >= 15 is 0 Å². The lowest BCUT2D eigenvalue weighted by atomic mass is 9.85. The van der Waals surface area contributed by atoms with Crippen LogP contribution < -0.4 is 4.74 Å². The molecule has 1 heterocycles. The number of carbonyl (C=O) groups is 1. The first-order valence-corrected chi connectivity index (χ1v) is 6.15. The van der Waals surface area contributed by atoms with Gasteiger partial charge >= 0.3 is 0 Å². The average Bonchev–Trinajstić information content (AvgIpc) is 2.85. The van der Waals surface area contributed by atoms with Crippen molar-refractivity contribution in [3.8, 4) is 17.0 Å². The maximum atomic E-state index is 11.0. The Balaban J connectivity index is 2.58. The van der Waals surface area contributed by atoms with Crippen molar-refractivity contribution in [1.29, 1.82) is 0 Å². The standard InChI is InChI=1S/C15H18N2O2/c1-15(2,3)11-7-10(5-6-13(11)19-4)14-12(8-18)16-9-17-14/h5-9H,1-4H3,(H,16,17). The van der Waals surface area contributed by atoms with Gasteiger partial charge in [-0.25, -0.2) is 4.98 Å². The highest BCUT2D eigenvalue weighted by molar-refractivity contribution is 5.83. The molecule has 0 saturated heterocycles. The van der Waals surface area contributed by atoms with Crippen molar-refractivity contribution in [2.24, 2.45) is 0 Å². The first-order valence-electron chi connectivity index (χ1n) is 6.15. The second-order valence-electron chi connectivity index (χ2n) is 5.45. The molecule has 4 heteroatoms. The third kappa shape index (κ3) is 2.52. The van der Waals surface area contributed by atoms with Crippen LogP contribution >= 0.6 is 0 Å². The fourth-order valence-electron chi connectivity index (χ4n) is 2.07. The second-order valence-corrected chi connectivity index (χ2v) is 5.45. The van der Waals surface area contributed by atoms with Crippen LogP contribution in [0.3, 0.4) is 0 Å². The number of hydrogen-bond acceptors (Lipinski definition) is 3. The maximum absolute atomic E-state index is 11.0. The van der Waals surface area contributed by atoms with Crippen molar-refractivity contribution < 1.29 is 9.53 Å². The number of aromatic amines is 1. The van der Waals surface area contributed by atoms with Gasteiger partial charge in [-0.05, 0) is 23.6 Å². The minimum Gasteiger partial charge on any atom is -0.496 e. The van der Waals surface area contributed by atoms with Crippen molar-refractivity contribution >= 4 is 6.29 Å². The Hall–Kier alpha value is -2.10. The van der Waals surface area contributed by atoms with Crippen molar-refractivity contribution in [3.63, 3.8) is 0 Å². The molecule has 1 aromatic heterocycles. The van der Waals surface area contributed by atoms with E-state index in [1.807, 2.05) is 18.2 Å². The Morgan fingerprint density at radius 3 is 2.63 bits per heavy atom. The summed E-state index contributed by atoms with van der Waals surface area (Å²) in [6.45, 7) is 6.37. The molecular weight excluding hydrogens is 240 g/mol. The van der Waals surface area contributed by atoms with Gasteiger partial charge in [-0.1, -0.05) is 20.8 Å². The van der Waals surface area contributed by atoms with Gasteiger partial charge in [-0.15, -0.1) is 0 Å². The quantitative estimate of drug-likeness (QED) is 0.860. The fraction of sp³-hybridized carbons (Fsp3) is 0.333. The zero-order valence-corrected chi connectivity index (χ0v) is 11.7. The lowest BCUT2D eigenvalue weighted by Crippen LogP contribution is -2.13. The number of methoxy groups -OCH3 is 1. The number of aromatic nitrogens is 2. The van der Waals surface area contributed by atoms with Crippen LogP contribution in [0.5, 0.6) is 5.75 Å². The van der Waals surface area contributed by atoms with Crippen LogP contribution in [0.15, 0.2) is 24.5 Å². The Labute approximate surface area is 112 Å². The molecule has 0 aliphatic heterocycles. The van der Waals surface area contributed by atoms with Gasteiger partial charge in [0.05, 0.1) is 19.1 Å². The predicted octanol–water partition coefficient (Wildman–Crippen LogP) is 3.20. The van der Waals surface area contributed by atoms with Gasteiger partial charge in [-0.3, -0.25) is 4.79 Å². The SMILES string of the molecule is COc1ccc(-c2nc[nH]c2C=O)cc1C(C)(C)C. The first kappa shape index (κ1) is 13.3. The molecule has 0 saturated carbocycles. The summed E-state index contributed by atoms with van der Waals surface area (Å²) in [5.41, 5.74) is 3.12. The summed E-state index contributed by atoms with van der Waals surface area (Å²) in [5, 5.41) is 0. The minimum absolute atomic E-state index is 0.0427. The number of imidazole rings is 1. The van der Waals surface area contributed by atoms with E-state index in [2.05, 4.69) is 30.7 Å². The average molecular weight is 258 g/mol. The Morgan fingerprint density at radius 1 is 1.32 bits per heavy atom. The fourth-order valence-corrected chi connectivity index (χ4v) is 2.07. The summed E-state index contributed by atoms with van der Waals surface area (Å²) >= 11 is 0. The summed E-state index contributed by atoms with van der Waals surface area (Å²) in [6, 6.07) is 5.86. The van der Waals surface area contributed by atoms with Gasteiger partial charge in [0.2, 0.25) is 0 Å². The van der Waals surface area contributed by atoms with Crippen LogP contribution in [-0.2, 0) is 5.41 Å². The van der Waals surface area contributed by atoms with Gasteiger partial charge in [0.15, 0.2) is 6.29 Å².